The molecule has 1 amide bonds. The predicted molar refractivity (Wildman–Crippen MR) is 125 cm³/mol. The molecule has 3 aromatic carbocycles. The highest BCUT2D eigenvalue weighted by atomic mass is 35.5. The fraction of sp³-hybridized carbons (Fsp3) is 0.208. The smallest absolute Gasteiger partial charge is 0.407 e. The number of ether oxygens (including phenoxy) is 2. The average molecular weight is 477 g/mol. The maximum absolute atomic E-state index is 12.0. The van der Waals surface area contributed by atoms with Gasteiger partial charge in [0.25, 0.3) is 0 Å². The zero-order valence-corrected chi connectivity index (χ0v) is 18.8. The third kappa shape index (κ3) is 5.27. The second-order valence-electron chi connectivity index (χ2n) is 7.23. The van der Waals surface area contributed by atoms with Crippen LogP contribution in [0.1, 0.15) is 11.1 Å². The Hall–Kier alpha value is -2.40. The van der Waals surface area contributed by atoms with E-state index in [-0.39, 0.29) is 6.10 Å². The van der Waals surface area contributed by atoms with Gasteiger partial charge >= 0.3 is 6.09 Å². The van der Waals surface area contributed by atoms with E-state index in [1.165, 1.54) is 0 Å². The van der Waals surface area contributed by atoms with Crippen LogP contribution in [0, 0.1) is 0 Å². The van der Waals surface area contributed by atoms with Crippen molar-refractivity contribution in [1.82, 2.24) is 5.32 Å². The van der Waals surface area contributed by atoms with Crippen LogP contribution >= 0.6 is 34.8 Å². The SMILES string of the molecule is O=C(NCC1Cc2cccc(-c3c(Cl)cc(Cl)cc3Cl)c2O1)OCCc1ccccc1. The lowest BCUT2D eigenvalue weighted by Gasteiger charge is -2.15. The van der Waals surface area contributed by atoms with Gasteiger partial charge < -0.3 is 14.8 Å². The Bertz CT molecular complexity index is 1070. The highest BCUT2D eigenvalue weighted by Crippen LogP contribution is 2.45. The lowest BCUT2D eigenvalue weighted by Crippen LogP contribution is -2.35. The Labute approximate surface area is 196 Å². The fourth-order valence-electron chi connectivity index (χ4n) is 3.60. The van der Waals surface area contributed by atoms with Crippen LogP contribution in [0.4, 0.5) is 4.79 Å². The van der Waals surface area contributed by atoms with Crippen molar-refractivity contribution in [2.45, 2.75) is 18.9 Å². The van der Waals surface area contributed by atoms with Crippen molar-refractivity contribution in [1.29, 1.82) is 0 Å². The van der Waals surface area contributed by atoms with Gasteiger partial charge in [0.1, 0.15) is 11.9 Å². The Morgan fingerprint density at radius 3 is 2.52 bits per heavy atom. The van der Waals surface area contributed by atoms with Crippen molar-refractivity contribution in [3.63, 3.8) is 0 Å². The van der Waals surface area contributed by atoms with Crippen LogP contribution in [0.15, 0.2) is 60.7 Å². The molecule has 160 valence electrons. The number of amides is 1. The molecular weight excluding hydrogens is 457 g/mol. The van der Waals surface area contributed by atoms with Gasteiger partial charge in [0.2, 0.25) is 0 Å². The maximum atomic E-state index is 12.0. The second-order valence-corrected chi connectivity index (χ2v) is 8.49. The van der Waals surface area contributed by atoms with Gasteiger partial charge in [-0.15, -0.1) is 0 Å². The molecule has 1 aliphatic heterocycles. The van der Waals surface area contributed by atoms with Crippen molar-refractivity contribution in [2.24, 2.45) is 0 Å². The molecule has 4 nitrogen and oxygen atoms in total. The number of hydrogen-bond acceptors (Lipinski definition) is 3. The monoisotopic (exact) mass is 475 g/mol. The maximum Gasteiger partial charge on any atom is 0.407 e. The molecule has 0 saturated heterocycles. The standard InChI is InChI=1S/C24H20Cl3NO3/c25-17-12-20(26)22(21(27)13-17)19-8-4-7-16-11-18(31-23(16)19)14-28-24(29)30-10-9-15-5-2-1-3-6-15/h1-8,12-13,18H,9-11,14H2,(H,28,29). The summed E-state index contributed by atoms with van der Waals surface area (Å²) in [4.78, 5) is 12.0. The molecule has 7 heteroatoms. The first-order valence-corrected chi connectivity index (χ1v) is 11.0. The van der Waals surface area contributed by atoms with Gasteiger partial charge in [-0.3, -0.25) is 0 Å². The van der Waals surface area contributed by atoms with Crippen LogP contribution in [0.25, 0.3) is 11.1 Å². The van der Waals surface area contributed by atoms with Crippen LogP contribution in [0.3, 0.4) is 0 Å². The number of fused-ring (bicyclic) bond motifs is 1. The molecule has 0 bridgehead atoms. The van der Waals surface area contributed by atoms with Gasteiger partial charge in [-0.1, -0.05) is 83.3 Å². The van der Waals surface area contributed by atoms with Crippen molar-refractivity contribution in [3.8, 4) is 16.9 Å². The molecule has 0 saturated carbocycles. The van der Waals surface area contributed by atoms with Crippen LogP contribution < -0.4 is 10.1 Å². The number of benzene rings is 3. The summed E-state index contributed by atoms with van der Waals surface area (Å²) in [7, 11) is 0. The van der Waals surface area contributed by atoms with E-state index in [1.54, 1.807) is 12.1 Å². The molecule has 1 unspecified atom stereocenters. The number of para-hydroxylation sites is 1. The normalized spacial score (nSPS) is 14.6. The summed E-state index contributed by atoms with van der Waals surface area (Å²) in [5, 5.41) is 4.16. The molecule has 1 heterocycles. The first-order chi connectivity index (χ1) is 15.0. The molecule has 3 aromatic rings. The molecule has 4 rings (SSSR count). The number of rotatable bonds is 6. The van der Waals surface area contributed by atoms with E-state index >= 15 is 0 Å². The third-order valence-corrected chi connectivity index (χ3v) is 5.86. The number of alkyl carbamates (subject to hydrolysis) is 1. The predicted octanol–water partition coefficient (Wildman–Crippen LogP) is 6.59. The van der Waals surface area contributed by atoms with E-state index in [9.17, 15) is 4.79 Å². The van der Waals surface area contributed by atoms with Crippen molar-refractivity contribution >= 4 is 40.9 Å². The van der Waals surface area contributed by atoms with E-state index in [1.807, 2.05) is 48.5 Å². The van der Waals surface area contributed by atoms with Gasteiger partial charge in [-0.05, 0) is 23.3 Å². The van der Waals surface area contributed by atoms with Gasteiger partial charge in [-0.25, -0.2) is 4.79 Å². The molecule has 0 aliphatic carbocycles. The minimum atomic E-state index is -0.459. The minimum Gasteiger partial charge on any atom is -0.487 e. The summed E-state index contributed by atoms with van der Waals surface area (Å²) >= 11 is 18.8. The van der Waals surface area contributed by atoms with Crippen molar-refractivity contribution < 1.29 is 14.3 Å². The van der Waals surface area contributed by atoms with Crippen molar-refractivity contribution in [3.05, 3.63) is 86.9 Å². The van der Waals surface area contributed by atoms with Crippen molar-refractivity contribution in [2.75, 3.05) is 13.2 Å². The average Bonchev–Trinajstić information content (AvgIpc) is 3.16. The van der Waals surface area contributed by atoms with E-state index in [0.29, 0.717) is 46.6 Å². The molecule has 1 aliphatic rings. The number of carbonyl (C=O) groups excluding carboxylic acids is 1. The van der Waals surface area contributed by atoms with Crippen LogP contribution in [0.5, 0.6) is 5.75 Å². The highest BCUT2D eigenvalue weighted by Gasteiger charge is 2.27. The van der Waals surface area contributed by atoms with Gasteiger partial charge in [0.05, 0.1) is 23.2 Å². The quantitative estimate of drug-likeness (QED) is 0.437. The number of halogens is 3. The summed E-state index contributed by atoms with van der Waals surface area (Å²) in [6.07, 6.45) is 0.671. The third-order valence-electron chi connectivity index (χ3n) is 5.05. The number of carbonyl (C=O) groups is 1. The molecule has 1 atom stereocenters. The van der Waals surface area contributed by atoms with Gasteiger partial charge in [0, 0.05) is 29.0 Å². The Kier molecular flexibility index (Phi) is 6.91. The van der Waals surface area contributed by atoms with E-state index in [0.717, 1.165) is 22.4 Å². The summed E-state index contributed by atoms with van der Waals surface area (Å²) < 4.78 is 11.4. The van der Waals surface area contributed by atoms with Crippen LogP contribution in [0.2, 0.25) is 15.1 Å². The largest absolute Gasteiger partial charge is 0.487 e. The lowest BCUT2D eigenvalue weighted by atomic mass is 10.0. The zero-order valence-electron chi connectivity index (χ0n) is 16.5. The Morgan fingerprint density at radius 2 is 1.77 bits per heavy atom. The van der Waals surface area contributed by atoms with Crippen LogP contribution in [-0.2, 0) is 17.6 Å². The van der Waals surface area contributed by atoms with E-state index in [2.05, 4.69) is 5.32 Å². The summed E-state index contributed by atoms with van der Waals surface area (Å²) in [5.74, 6) is 0.720. The minimum absolute atomic E-state index is 0.206. The highest BCUT2D eigenvalue weighted by molar-refractivity contribution is 6.42. The molecule has 1 N–H and O–H groups in total. The molecule has 31 heavy (non-hydrogen) atoms. The number of hydrogen-bond donors (Lipinski definition) is 1. The van der Waals surface area contributed by atoms with Gasteiger partial charge in [0.15, 0.2) is 0 Å². The van der Waals surface area contributed by atoms with Gasteiger partial charge in [-0.2, -0.15) is 0 Å². The fourth-order valence-corrected chi connectivity index (χ4v) is 4.62. The molecular formula is C24H20Cl3NO3. The second kappa shape index (κ2) is 9.82. The molecule has 0 radical (unpaired) electrons. The summed E-state index contributed by atoms with van der Waals surface area (Å²) in [5.41, 5.74) is 3.64. The molecule has 0 spiro atoms. The van der Waals surface area contributed by atoms with E-state index < -0.39 is 6.09 Å². The summed E-state index contributed by atoms with van der Waals surface area (Å²) in [6.45, 7) is 0.652. The lowest BCUT2D eigenvalue weighted by molar-refractivity contribution is 0.140. The molecule has 0 aromatic heterocycles. The Morgan fingerprint density at radius 1 is 1.03 bits per heavy atom. The topological polar surface area (TPSA) is 47.6 Å². The molecule has 0 fully saturated rings. The van der Waals surface area contributed by atoms with E-state index in [4.69, 9.17) is 44.3 Å². The Balaban J connectivity index is 1.35. The first-order valence-electron chi connectivity index (χ1n) is 9.89. The summed E-state index contributed by atoms with van der Waals surface area (Å²) in [6, 6.07) is 19.0. The van der Waals surface area contributed by atoms with Crippen LogP contribution in [-0.4, -0.2) is 25.3 Å². The first kappa shape index (κ1) is 21.8. The zero-order chi connectivity index (χ0) is 21.8. The number of nitrogens with one attached hydrogen (secondary N) is 1.